The molecule has 0 aromatic carbocycles. The minimum Gasteiger partial charge on any atom is -0.443 e. The van der Waals surface area contributed by atoms with Crippen molar-refractivity contribution in [3.05, 3.63) is 0 Å². The highest BCUT2D eigenvalue weighted by atomic mass is 16.6. The third kappa shape index (κ3) is 20.6. The number of amides is 1. The number of quaternary nitrogens is 1. The molecule has 0 aromatic heterocycles. The van der Waals surface area contributed by atoms with Crippen LogP contribution in [0, 0.1) is 0 Å². The second-order valence-electron chi connectivity index (χ2n) is 11.5. The highest BCUT2D eigenvalue weighted by Crippen LogP contribution is 2.15. The van der Waals surface area contributed by atoms with E-state index in [0.717, 1.165) is 23.9 Å². The van der Waals surface area contributed by atoms with Crippen LogP contribution in [0.2, 0.25) is 0 Å². The lowest BCUT2D eigenvalue weighted by molar-refractivity contribution is -0.894. The van der Waals surface area contributed by atoms with Gasteiger partial charge in [0, 0.05) is 27.1 Å². The summed E-state index contributed by atoms with van der Waals surface area (Å²) in [6.45, 7) is 5.73. The lowest BCUT2D eigenvalue weighted by Crippen LogP contribution is -2.46. The Labute approximate surface area is 213 Å². The summed E-state index contributed by atoms with van der Waals surface area (Å²) in [6, 6.07) is 0.388. The lowest BCUT2D eigenvalue weighted by atomic mass is 10.0. The van der Waals surface area contributed by atoms with E-state index in [9.17, 15) is 4.79 Å². The molecule has 1 amide bonds. The van der Waals surface area contributed by atoms with Crippen molar-refractivity contribution >= 4 is 6.09 Å². The van der Waals surface area contributed by atoms with Gasteiger partial charge in [0.2, 0.25) is 0 Å². The molecule has 0 aliphatic rings. The Balaban J connectivity index is 3.67. The normalized spacial score (nSPS) is 13.6. The summed E-state index contributed by atoms with van der Waals surface area (Å²) in [7, 11) is 9.96. The monoisotopic (exact) mass is 485 g/mol. The Morgan fingerprint density at radius 3 is 1.53 bits per heavy atom. The summed E-state index contributed by atoms with van der Waals surface area (Å²) in [5.74, 6) is 0. The fourth-order valence-corrected chi connectivity index (χ4v) is 4.06. The van der Waals surface area contributed by atoms with E-state index < -0.39 is 0 Å². The molecule has 0 heterocycles. The van der Waals surface area contributed by atoms with E-state index in [4.69, 9.17) is 9.47 Å². The standard InChI is InChI=1S/C29H61N2O3/c1-8-9-10-11-12-13-14-15-16-17-18-19-20-21-22-23-24-33-26-28(34-29(32)30(3)4)25-27(2)31(5,6)7/h27-28H,8-26H2,1-7H3/q+1. The maximum atomic E-state index is 12.0. The zero-order valence-corrected chi connectivity index (χ0v) is 24.2. The number of ether oxygens (including phenoxy) is 2. The quantitative estimate of drug-likeness (QED) is 0.109. The maximum Gasteiger partial charge on any atom is 0.409 e. The van der Waals surface area contributed by atoms with Crippen LogP contribution >= 0.6 is 0 Å². The Bertz CT molecular complexity index is 463. The first-order chi connectivity index (χ1) is 16.2. The Morgan fingerprint density at radius 1 is 0.735 bits per heavy atom. The Morgan fingerprint density at radius 2 is 1.15 bits per heavy atom. The molecule has 0 spiro atoms. The Kier molecular flexibility index (Phi) is 21.0. The van der Waals surface area contributed by atoms with Crippen molar-refractivity contribution in [3.63, 3.8) is 0 Å². The van der Waals surface area contributed by atoms with Crippen molar-refractivity contribution in [2.24, 2.45) is 0 Å². The van der Waals surface area contributed by atoms with Gasteiger partial charge in [0.1, 0.15) is 6.10 Å². The number of hydrogen-bond donors (Lipinski definition) is 0. The average molecular weight is 486 g/mol. The van der Waals surface area contributed by atoms with Crippen LogP contribution in [0.15, 0.2) is 0 Å². The van der Waals surface area contributed by atoms with Gasteiger partial charge in [-0.05, 0) is 13.3 Å². The van der Waals surface area contributed by atoms with Crippen LogP contribution in [0.1, 0.15) is 123 Å². The first-order valence-corrected chi connectivity index (χ1v) is 14.4. The number of nitrogens with zero attached hydrogens (tertiary/aromatic N) is 2. The van der Waals surface area contributed by atoms with E-state index in [1.165, 1.54) is 101 Å². The minimum atomic E-state index is -0.287. The topological polar surface area (TPSA) is 38.8 Å². The molecule has 0 saturated heterocycles. The van der Waals surface area contributed by atoms with Gasteiger partial charge in [-0.3, -0.25) is 0 Å². The van der Waals surface area contributed by atoms with Crippen molar-refractivity contribution in [3.8, 4) is 0 Å². The number of hydrogen-bond acceptors (Lipinski definition) is 3. The van der Waals surface area contributed by atoms with Gasteiger partial charge in [-0.15, -0.1) is 0 Å². The second-order valence-corrected chi connectivity index (χ2v) is 11.5. The molecule has 5 nitrogen and oxygen atoms in total. The molecule has 0 radical (unpaired) electrons. The number of rotatable bonds is 23. The van der Waals surface area contributed by atoms with Crippen molar-refractivity contribution in [2.75, 3.05) is 48.5 Å². The number of carbonyl (C=O) groups excluding carboxylic acids is 1. The van der Waals surface area contributed by atoms with E-state index in [-0.39, 0.29) is 12.2 Å². The van der Waals surface area contributed by atoms with E-state index in [2.05, 4.69) is 35.0 Å². The molecule has 0 rings (SSSR count). The Hall–Kier alpha value is -0.810. The molecular formula is C29H61N2O3+. The maximum absolute atomic E-state index is 12.0. The molecule has 0 saturated carbocycles. The van der Waals surface area contributed by atoms with Crippen molar-refractivity contribution in [1.29, 1.82) is 0 Å². The van der Waals surface area contributed by atoms with Gasteiger partial charge >= 0.3 is 6.09 Å². The van der Waals surface area contributed by atoms with Gasteiger partial charge in [0.25, 0.3) is 0 Å². The third-order valence-corrected chi connectivity index (χ3v) is 7.00. The van der Waals surface area contributed by atoms with Gasteiger partial charge in [-0.2, -0.15) is 0 Å². The summed E-state index contributed by atoms with van der Waals surface area (Å²) in [5.41, 5.74) is 0. The van der Waals surface area contributed by atoms with Crippen molar-refractivity contribution in [2.45, 2.75) is 135 Å². The molecule has 0 aliphatic carbocycles. The van der Waals surface area contributed by atoms with Crippen LogP contribution in [0.25, 0.3) is 0 Å². The molecule has 0 N–H and O–H groups in total. The molecular weight excluding hydrogens is 424 g/mol. The van der Waals surface area contributed by atoms with Crippen LogP contribution in [0.4, 0.5) is 4.79 Å². The predicted molar refractivity (Wildman–Crippen MR) is 146 cm³/mol. The molecule has 2 unspecified atom stereocenters. The van der Waals surface area contributed by atoms with Crippen LogP contribution < -0.4 is 0 Å². The minimum absolute atomic E-state index is 0.191. The summed E-state index contributed by atoms with van der Waals surface area (Å²) in [6.07, 6.45) is 22.3. The number of unbranched alkanes of at least 4 members (excludes halogenated alkanes) is 15. The predicted octanol–water partition coefficient (Wildman–Crippen LogP) is 7.82. The van der Waals surface area contributed by atoms with Gasteiger partial charge in [0.15, 0.2) is 0 Å². The summed E-state index contributed by atoms with van der Waals surface area (Å²) in [4.78, 5) is 13.5. The fraction of sp³-hybridized carbons (Fsp3) is 0.966. The summed E-state index contributed by atoms with van der Waals surface area (Å²) < 4.78 is 12.4. The lowest BCUT2D eigenvalue weighted by Gasteiger charge is -2.34. The van der Waals surface area contributed by atoms with Crippen LogP contribution in [-0.4, -0.2) is 76.1 Å². The van der Waals surface area contributed by atoms with Gasteiger partial charge in [-0.25, -0.2) is 4.79 Å². The largest absolute Gasteiger partial charge is 0.443 e. The molecule has 5 heteroatoms. The molecule has 204 valence electrons. The molecule has 0 aromatic rings. The highest BCUT2D eigenvalue weighted by molar-refractivity contribution is 5.66. The second kappa shape index (κ2) is 21.5. The van der Waals surface area contributed by atoms with Crippen molar-refractivity contribution < 1.29 is 18.8 Å². The first-order valence-electron chi connectivity index (χ1n) is 14.4. The van der Waals surface area contributed by atoms with Gasteiger partial charge < -0.3 is 18.9 Å². The van der Waals surface area contributed by atoms with Crippen LogP contribution in [-0.2, 0) is 9.47 Å². The molecule has 0 bridgehead atoms. The molecule has 0 aliphatic heterocycles. The third-order valence-electron chi connectivity index (χ3n) is 7.00. The van der Waals surface area contributed by atoms with Gasteiger partial charge in [0.05, 0.1) is 33.8 Å². The van der Waals surface area contributed by atoms with Gasteiger partial charge in [-0.1, -0.05) is 103 Å². The van der Waals surface area contributed by atoms with E-state index in [1.54, 1.807) is 14.1 Å². The first kappa shape index (κ1) is 33.2. The highest BCUT2D eigenvalue weighted by Gasteiger charge is 2.26. The van der Waals surface area contributed by atoms with E-state index in [0.29, 0.717) is 12.6 Å². The van der Waals surface area contributed by atoms with E-state index in [1.807, 2.05) is 0 Å². The number of carbonyl (C=O) groups is 1. The van der Waals surface area contributed by atoms with Crippen molar-refractivity contribution in [1.82, 2.24) is 4.90 Å². The SMILES string of the molecule is CCCCCCCCCCCCCCCCCCOCC(CC(C)[N+](C)(C)C)OC(=O)N(C)C. The smallest absolute Gasteiger partial charge is 0.409 e. The zero-order valence-electron chi connectivity index (χ0n) is 24.2. The zero-order chi connectivity index (χ0) is 25.7. The van der Waals surface area contributed by atoms with E-state index >= 15 is 0 Å². The van der Waals surface area contributed by atoms with Crippen LogP contribution in [0.3, 0.4) is 0 Å². The average Bonchev–Trinajstić information content (AvgIpc) is 2.77. The summed E-state index contributed by atoms with van der Waals surface area (Å²) >= 11 is 0. The summed E-state index contributed by atoms with van der Waals surface area (Å²) in [5, 5.41) is 0. The van der Waals surface area contributed by atoms with Crippen LogP contribution in [0.5, 0.6) is 0 Å². The molecule has 34 heavy (non-hydrogen) atoms. The molecule has 2 atom stereocenters. The molecule has 0 fully saturated rings. The fourth-order valence-electron chi connectivity index (χ4n) is 4.06.